The van der Waals surface area contributed by atoms with Gasteiger partial charge >= 0.3 is 6.18 Å². The fourth-order valence-electron chi connectivity index (χ4n) is 1.69. The second-order valence-corrected chi connectivity index (χ2v) is 3.92. The summed E-state index contributed by atoms with van der Waals surface area (Å²) in [6.07, 6.45) is -2.85. The topological polar surface area (TPSA) is 44.9 Å². The van der Waals surface area contributed by atoms with Crippen LogP contribution in [-0.2, 0) is 12.7 Å². The van der Waals surface area contributed by atoms with Gasteiger partial charge in [0.1, 0.15) is 5.69 Å². The first-order valence-corrected chi connectivity index (χ1v) is 5.55. The molecule has 0 aliphatic rings. The molecule has 1 aromatic carbocycles. The largest absolute Gasteiger partial charge is 0.416 e. The van der Waals surface area contributed by atoms with E-state index >= 15 is 0 Å². The Morgan fingerprint density at radius 3 is 2.53 bits per heavy atom. The summed E-state index contributed by atoms with van der Waals surface area (Å²) in [5.74, 6) is -0.443. The summed E-state index contributed by atoms with van der Waals surface area (Å²) in [6.45, 7) is -0.173. The normalized spacial score (nSPS) is 11.3. The number of H-pyrrole nitrogens is 1. The molecule has 2 rings (SSSR count). The molecule has 0 fully saturated rings. The van der Waals surface area contributed by atoms with E-state index in [1.807, 2.05) is 0 Å². The molecule has 0 atom stereocenters. The van der Waals surface area contributed by atoms with Gasteiger partial charge in [0.2, 0.25) is 0 Å². The summed E-state index contributed by atoms with van der Waals surface area (Å²) in [5.41, 5.74) is -0.388. The van der Waals surface area contributed by atoms with E-state index in [0.29, 0.717) is 5.69 Å². The van der Waals surface area contributed by atoms with Crippen molar-refractivity contribution in [2.75, 3.05) is 0 Å². The smallest absolute Gasteiger partial charge is 0.357 e. The van der Waals surface area contributed by atoms with Crippen molar-refractivity contribution in [1.82, 2.24) is 10.3 Å². The minimum atomic E-state index is -4.42. The van der Waals surface area contributed by atoms with E-state index in [1.165, 1.54) is 18.2 Å². The number of nitrogens with one attached hydrogen (secondary N) is 2. The van der Waals surface area contributed by atoms with Gasteiger partial charge in [-0.05, 0) is 23.8 Å². The number of aromatic nitrogens is 1. The van der Waals surface area contributed by atoms with Crippen molar-refractivity contribution in [3.63, 3.8) is 0 Å². The zero-order valence-electron chi connectivity index (χ0n) is 9.79. The molecule has 0 saturated heterocycles. The lowest BCUT2D eigenvalue weighted by Crippen LogP contribution is -2.24. The second kappa shape index (κ2) is 5.17. The van der Waals surface area contributed by atoms with Crippen LogP contribution in [0, 0.1) is 0 Å². The van der Waals surface area contributed by atoms with Crippen LogP contribution in [-0.4, -0.2) is 10.9 Å². The van der Waals surface area contributed by atoms with Gasteiger partial charge in [-0.3, -0.25) is 4.79 Å². The zero-order chi connectivity index (χ0) is 13.9. The highest BCUT2D eigenvalue weighted by Gasteiger charge is 2.32. The molecular weight excluding hydrogens is 257 g/mol. The Hall–Kier alpha value is -2.24. The van der Waals surface area contributed by atoms with Gasteiger partial charge in [0.05, 0.1) is 5.56 Å². The Balaban J connectivity index is 2.10. The van der Waals surface area contributed by atoms with Crippen molar-refractivity contribution in [2.24, 2.45) is 0 Å². The van der Waals surface area contributed by atoms with Crippen LogP contribution >= 0.6 is 0 Å². The predicted octanol–water partition coefficient (Wildman–Crippen LogP) is 2.96. The number of carbonyl (C=O) groups is 1. The Morgan fingerprint density at radius 2 is 1.89 bits per heavy atom. The maximum Gasteiger partial charge on any atom is 0.416 e. The van der Waals surface area contributed by atoms with Crippen molar-refractivity contribution in [2.45, 2.75) is 12.7 Å². The number of amides is 1. The van der Waals surface area contributed by atoms with E-state index in [9.17, 15) is 18.0 Å². The fraction of sp³-hybridized carbons (Fsp3) is 0.154. The molecule has 6 heteroatoms. The van der Waals surface area contributed by atoms with Crippen LogP contribution < -0.4 is 5.32 Å². The fourth-order valence-corrected chi connectivity index (χ4v) is 1.69. The van der Waals surface area contributed by atoms with Gasteiger partial charge in [-0.25, -0.2) is 0 Å². The molecule has 0 bridgehead atoms. The number of halogens is 3. The summed E-state index contributed by atoms with van der Waals surface area (Å²) in [6, 6.07) is 8.35. The highest BCUT2D eigenvalue weighted by Crippen LogP contribution is 2.31. The highest BCUT2D eigenvalue weighted by atomic mass is 19.4. The third-order valence-corrected chi connectivity index (χ3v) is 2.60. The number of benzene rings is 1. The van der Waals surface area contributed by atoms with E-state index in [1.54, 1.807) is 18.3 Å². The molecule has 0 aliphatic heterocycles. The van der Waals surface area contributed by atoms with Crippen LogP contribution in [0.1, 0.15) is 21.6 Å². The van der Waals surface area contributed by atoms with E-state index in [-0.39, 0.29) is 12.1 Å². The standard InChI is InChI=1S/C13H11F3N2O/c14-13(15,16)10-5-2-1-4-9(10)8-18-12(19)11-6-3-7-17-11/h1-7,17H,8H2,(H,18,19). The Labute approximate surface area is 107 Å². The third kappa shape index (κ3) is 3.15. The van der Waals surface area contributed by atoms with Crippen molar-refractivity contribution in [1.29, 1.82) is 0 Å². The highest BCUT2D eigenvalue weighted by molar-refractivity contribution is 5.92. The predicted molar refractivity (Wildman–Crippen MR) is 63.4 cm³/mol. The molecule has 0 unspecified atom stereocenters. The molecule has 1 amide bonds. The summed E-state index contributed by atoms with van der Waals surface area (Å²) >= 11 is 0. The number of rotatable bonds is 3. The van der Waals surface area contributed by atoms with Crippen molar-refractivity contribution >= 4 is 5.91 Å². The molecule has 0 saturated carbocycles. The van der Waals surface area contributed by atoms with Crippen LogP contribution in [0.4, 0.5) is 13.2 Å². The van der Waals surface area contributed by atoms with Gasteiger partial charge in [0.25, 0.3) is 5.91 Å². The van der Waals surface area contributed by atoms with Crippen molar-refractivity contribution < 1.29 is 18.0 Å². The van der Waals surface area contributed by atoms with Gasteiger partial charge in [-0.15, -0.1) is 0 Å². The number of hydrogen-bond acceptors (Lipinski definition) is 1. The summed E-state index contributed by atoms with van der Waals surface area (Å²) in [5, 5.41) is 2.44. The van der Waals surface area contributed by atoms with Crippen LogP contribution in [0.25, 0.3) is 0 Å². The average Bonchev–Trinajstić information content (AvgIpc) is 2.89. The van der Waals surface area contributed by atoms with Crippen LogP contribution in [0.15, 0.2) is 42.6 Å². The van der Waals surface area contributed by atoms with E-state index in [4.69, 9.17) is 0 Å². The number of aromatic amines is 1. The molecule has 1 heterocycles. The first-order chi connectivity index (χ1) is 8.98. The molecule has 0 aliphatic carbocycles. The molecule has 0 radical (unpaired) electrons. The Bertz CT molecular complexity index is 562. The quantitative estimate of drug-likeness (QED) is 0.883. The van der Waals surface area contributed by atoms with Crippen LogP contribution in [0.5, 0.6) is 0 Å². The van der Waals surface area contributed by atoms with E-state index in [2.05, 4.69) is 10.3 Å². The molecule has 19 heavy (non-hydrogen) atoms. The summed E-state index contributed by atoms with van der Waals surface area (Å²) < 4.78 is 38.2. The number of carbonyl (C=O) groups excluding carboxylic acids is 1. The lowest BCUT2D eigenvalue weighted by atomic mass is 10.1. The van der Waals surface area contributed by atoms with Gasteiger partial charge < -0.3 is 10.3 Å². The maximum absolute atomic E-state index is 12.7. The number of hydrogen-bond donors (Lipinski definition) is 2. The molecule has 0 spiro atoms. The van der Waals surface area contributed by atoms with Crippen molar-refractivity contribution in [3.05, 3.63) is 59.4 Å². The summed E-state index contributed by atoms with van der Waals surface area (Å²) in [4.78, 5) is 14.3. The Morgan fingerprint density at radius 1 is 1.16 bits per heavy atom. The molecule has 1 aromatic heterocycles. The maximum atomic E-state index is 12.7. The molecule has 100 valence electrons. The first kappa shape index (κ1) is 13.2. The monoisotopic (exact) mass is 268 g/mol. The Kier molecular flexibility index (Phi) is 3.59. The van der Waals surface area contributed by atoms with E-state index in [0.717, 1.165) is 6.07 Å². The third-order valence-electron chi connectivity index (χ3n) is 2.60. The number of alkyl halides is 3. The van der Waals surface area contributed by atoms with E-state index < -0.39 is 17.6 Å². The van der Waals surface area contributed by atoms with Crippen LogP contribution in [0.2, 0.25) is 0 Å². The average molecular weight is 268 g/mol. The van der Waals surface area contributed by atoms with Crippen LogP contribution in [0.3, 0.4) is 0 Å². The molecule has 2 aromatic rings. The van der Waals surface area contributed by atoms with Gasteiger partial charge in [0.15, 0.2) is 0 Å². The molecule has 3 nitrogen and oxygen atoms in total. The lowest BCUT2D eigenvalue weighted by Gasteiger charge is -2.12. The summed E-state index contributed by atoms with van der Waals surface area (Å²) in [7, 11) is 0. The molecule has 2 N–H and O–H groups in total. The molecular formula is C13H11F3N2O. The van der Waals surface area contributed by atoms with Gasteiger partial charge in [-0.1, -0.05) is 18.2 Å². The zero-order valence-corrected chi connectivity index (χ0v) is 9.79. The van der Waals surface area contributed by atoms with Gasteiger partial charge in [0, 0.05) is 12.7 Å². The second-order valence-electron chi connectivity index (χ2n) is 3.92. The minimum Gasteiger partial charge on any atom is -0.357 e. The van der Waals surface area contributed by atoms with Crippen molar-refractivity contribution in [3.8, 4) is 0 Å². The van der Waals surface area contributed by atoms with Gasteiger partial charge in [-0.2, -0.15) is 13.2 Å². The lowest BCUT2D eigenvalue weighted by molar-refractivity contribution is -0.138. The SMILES string of the molecule is O=C(NCc1ccccc1C(F)(F)F)c1ccc[nH]1. The minimum absolute atomic E-state index is 0.0370. The first-order valence-electron chi connectivity index (χ1n) is 5.55.